The maximum absolute atomic E-state index is 11.5. The number of nitrogens with two attached hydrogens (primary N) is 1. The highest BCUT2D eigenvalue weighted by molar-refractivity contribution is 6.01. The molecule has 0 heterocycles. The lowest BCUT2D eigenvalue weighted by Gasteiger charge is -2.24. The topological polar surface area (TPSA) is 78.9 Å². The highest BCUT2D eigenvalue weighted by Crippen LogP contribution is 2.04. The van der Waals surface area contributed by atoms with Crippen LogP contribution in [0.15, 0.2) is 5.16 Å². The summed E-state index contributed by atoms with van der Waals surface area (Å²) >= 11 is 0. The number of oxime groups is 1. The van der Waals surface area contributed by atoms with Gasteiger partial charge in [0.05, 0.1) is 5.92 Å². The Kier molecular flexibility index (Phi) is 4.23. The molecule has 5 heteroatoms. The molecule has 0 fully saturated rings. The summed E-state index contributed by atoms with van der Waals surface area (Å²) < 4.78 is 0. The van der Waals surface area contributed by atoms with Crippen molar-refractivity contribution in [3.8, 4) is 0 Å². The normalized spacial score (nSPS) is 14.4. The molecule has 0 aromatic carbocycles. The lowest BCUT2D eigenvalue weighted by molar-refractivity contribution is -0.133. The van der Waals surface area contributed by atoms with Crippen molar-refractivity contribution in [2.75, 3.05) is 7.05 Å². The fraction of sp³-hybridized carbons (Fsp3) is 0.750. The van der Waals surface area contributed by atoms with Crippen molar-refractivity contribution in [3.05, 3.63) is 0 Å². The molecule has 0 aliphatic rings. The van der Waals surface area contributed by atoms with Gasteiger partial charge in [-0.05, 0) is 20.8 Å². The summed E-state index contributed by atoms with van der Waals surface area (Å²) in [7, 11) is 1.69. The SMILES string of the molecule is CC(C(=O)N(C)C(C)C)C(N)=NO. The number of carbonyl (C=O) groups excluding carboxylic acids is 1. The predicted octanol–water partition coefficient (Wildman–Crippen LogP) is 0.236. The molecule has 0 saturated carbocycles. The number of hydrogen-bond donors (Lipinski definition) is 2. The molecule has 0 aliphatic heterocycles. The van der Waals surface area contributed by atoms with Crippen LogP contribution in [0.5, 0.6) is 0 Å². The minimum Gasteiger partial charge on any atom is -0.409 e. The van der Waals surface area contributed by atoms with Crippen LogP contribution in [0.4, 0.5) is 0 Å². The van der Waals surface area contributed by atoms with E-state index in [2.05, 4.69) is 5.16 Å². The van der Waals surface area contributed by atoms with Gasteiger partial charge in [-0.3, -0.25) is 4.79 Å². The van der Waals surface area contributed by atoms with Crippen LogP contribution in [0.25, 0.3) is 0 Å². The molecule has 0 aliphatic carbocycles. The first-order valence-corrected chi connectivity index (χ1v) is 4.15. The highest BCUT2D eigenvalue weighted by Gasteiger charge is 2.22. The zero-order valence-electron chi connectivity index (χ0n) is 8.48. The quantitative estimate of drug-likeness (QED) is 0.287. The van der Waals surface area contributed by atoms with Crippen LogP contribution in [0, 0.1) is 5.92 Å². The average Bonchev–Trinajstić information content (AvgIpc) is 2.12. The molecule has 0 aromatic rings. The van der Waals surface area contributed by atoms with Crippen LogP contribution >= 0.6 is 0 Å². The molecule has 0 spiro atoms. The maximum atomic E-state index is 11.5. The van der Waals surface area contributed by atoms with Crippen molar-refractivity contribution in [2.24, 2.45) is 16.8 Å². The van der Waals surface area contributed by atoms with E-state index in [0.29, 0.717) is 0 Å². The van der Waals surface area contributed by atoms with Gasteiger partial charge in [0.15, 0.2) is 5.84 Å². The molecule has 1 atom stereocenters. The summed E-state index contributed by atoms with van der Waals surface area (Å²) in [5, 5.41) is 11.2. The zero-order valence-corrected chi connectivity index (χ0v) is 8.48. The molecule has 0 saturated heterocycles. The smallest absolute Gasteiger partial charge is 0.233 e. The zero-order chi connectivity index (χ0) is 10.6. The van der Waals surface area contributed by atoms with Gasteiger partial charge < -0.3 is 15.8 Å². The minimum atomic E-state index is -0.572. The van der Waals surface area contributed by atoms with Crippen LogP contribution in [0.2, 0.25) is 0 Å². The van der Waals surface area contributed by atoms with Gasteiger partial charge in [-0.25, -0.2) is 0 Å². The van der Waals surface area contributed by atoms with E-state index in [0.717, 1.165) is 0 Å². The van der Waals surface area contributed by atoms with E-state index >= 15 is 0 Å². The molecular formula is C8H17N3O2. The summed E-state index contributed by atoms with van der Waals surface area (Å²) in [5.41, 5.74) is 5.31. The Morgan fingerprint density at radius 3 is 2.23 bits per heavy atom. The Morgan fingerprint density at radius 1 is 1.46 bits per heavy atom. The van der Waals surface area contributed by atoms with E-state index < -0.39 is 5.92 Å². The van der Waals surface area contributed by atoms with Gasteiger partial charge in [0.1, 0.15) is 0 Å². The van der Waals surface area contributed by atoms with E-state index in [1.54, 1.807) is 18.9 Å². The number of amidine groups is 1. The molecule has 0 rings (SSSR count). The molecule has 1 unspecified atom stereocenters. The van der Waals surface area contributed by atoms with E-state index in [4.69, 9.17) is 10.9 Å². The third-order valence-electron chi connectivity index (χ3n) is 2.05. The van der Waals surface area contributed by atoms with Crippen molar-refractivity contribution >= 4 is 11.7 Å². The van der Waals surface area contributed by atoms with Crippen LogP contribution in [0.1, 0.15) is 20.8 Å². The second-order valence-corrected chi connectivity index (χ2v) is 3.29. The largest absolute Gasteiger partial charge is 0.409 e. The van der Waals surface area contributed by atoms with Crippen molar-refractivity contribution in [3.63, 3.8) is 0 Å². The minimum absolute atomic E-state index is 0.0579. The molecular weight excluding hydrogens is 170 g/mol. The van der Waals surface area contributed by atoms with Crippen LogP contribution in [0.3, 0.4) is 0 Å². The number of carbonyl (C=O) groups is 1. The molecule has 0 bridgehead atoms. The number of hydrogen-bond acceptors (Lipinski definition) is 3. The molecule has 1 amide bonds. The van der Waals surface area contributed by atoms with E-state index in [1.807, 2.05) is 13.8 Å². The Balaban J connectivity index is 4.43. The third-order valence-corrected chi connectivity index (χ3v) is 2.05. The van der Waals surface area contributed by atoms with Crippen LogP contribution in [-0.2, 0) is 4.79 Å². The van der Waals surface area contributed by atoms with E-state index in [9.17, 15) is 4.79 Å². The van der Waals surface area contributed by atoms with Crippen LogP contribution < -0.4 is 5.73 Å². The van der Waals surface area contributed by atoms with Gasteiger partial charge in [-0.1, -0.05) is 5.16 Å². The summed E-state index contributed by atoms with van der Waals surface area (Å²) in [4.78, 5) is 13.1. The van der Waals surface area contributed by atoms with Gasteiger partial charge in [0.25, 0.3) is 0 Å². The predicted molar refractivity (Wildman–Crippen MR) is 50.5 cm³/mol. The highest BCUT2D eigenvalue weighted by atomic mass is 16.4. The lowest BCUT2D eigenvalue weighted by atomic mass is 10.1. The van der Waals surface area contributed by atoms with Gasteiger partial charge in [-0.2, -0.15) is 0 Å². The molecule has 3 N–H and O–H groups in total. The van der Waals surface area contributed by atoms with E-state index in [-0.39, 0.29) is 17.8 Å². The van der Waals surface area contributed by atoms with Gasteiger partial charge >= 0.3 is 0 Å². The van der Waals surface area contributed by atoms with Gasteiger partial charge in [0.2, 0.25) is 5.91 Å². The summed E-state index contributed by atoms with van der Waals surface area (Å²) in [6.45, 7) is 5.41. The monoisotopic (exact) mass is 187 g/mol. The number of rotatable bonds is 3. The Bertz CT molecular complexity index is 213. The fourth-order valence-electron chi connectivity index (χ4n) is 0.773. The van der Waals surface area contributed by atoms with Crippen LogP contribution in [-0.4, -0.2) is 34.9 Å². The molecule has 5 nitrogen and oxygen atoms in total. The molecule has 0 aromatic heterocycles. The standard InChI is InChI=1S/C8H17N3O2/c1-5(2)11(4)8(12)6(3)7(9)10-13/h5-6,13H,1-4H3,(H2,9,10). The molecule has 0 radical (unpaired) electrons. The number of nitrogens with zero attached hydrogens (tertiary/aromatic N) is 2. The van der Waals surface area contributed by atoms with Gasteiger partial charge in [-0.15, -0.1) is 0 Å². The Morgan fingerprint density at radius 2 is 1.92 bits per heavy atom. The van der Waals surface area contributed by atoms with Crippen molar-refractivity contribution in [1.29, 1.82) is 0 Å². The third kappa shape index (κ3) is 2.93. The lowest BCUT2D eigenvalue weighted by Crippen LogP contribution is -2.41. The summed E-state index contributed by atoms with van der Waals surface area (Å²) in [6.07, 6.45) is 0. The van der Waals surface area contributed by atoms with Crippen molar-refractivity contribution in [1.82, 2.24) is 4.90 Å². The Hall–Kier alpha value is -1.26. The summed E-state index contributed by atoms with van der Waals surface area (Å²) in [5.74, 6) is -0.778. The van der Waals surface area contributed by atoms with E-state index in [1.165, 1.54) is 0 Å². The first kappa shape index (κ1) is 11.7. The van der Waals surface area contributed by atoms with Crippen molar-refractivity contribution in [2.45, 2.75) is 26.8 Å². The first-order valence-electron chi connectivity index (χ1n) is 4.15. The van der Waals surface area contributed by atoms with Gasteiger partial charge in [0, 0.05) is 13.1 Å². The summed E-state index contributed by atoms with van der Waals surface area (Å²) in [6, 6.07) is 0.112. The number of amides is 1. The maximum Gasteiger partial charge on any atom is 0.233 e. The fourth-order valence-corrected chi connectivity index (χ4v) is 0.773. The Labute approximate surface area is 78.2 Å². The second-order valence-electron chi connectivity index (χ2n) is 3.29. The second kappa shape index (κ2) is 4.69. The molecule has 13 heavy (non-hydrogen) atoms. The molecule has 76 valence electrons. The average molecular weight is 187 g/mol. The van der Waals surface area contributed by atoms with Crippen molar-refractivity contribution < 1.29 is 10.0 Å². The first-order chi connectivity index (χ1) is 5.91.